The first-order valence-corrected chi connectivity index (χ1v) is 8.39. The third-order valence-electron chi connectivity index (χ3n) is 4.26. The van der Waals surface area contributed by atoms with Crippen molar-refractivity contribution in [1.29, 1.82) is 0 Å². The standard InChI is InChI=1S/C18H29N3O.2ClH/c1-15-4-3-11-21(13-15)14-17-7-5-16(6-8-17)12-20-18(22)9-10-19-2;;/h5-8,15,19H,3-4,9-14H2,1-2H3,(H,20,22);2*1H. The minimum absolute atomic E-state index is 0. The van der Waals surface area contributed by atoms with Gasteiger partial charge < -0.3 is 10.6 Å². The molecule has 2 N–H and O–H groups in total. The van der Waals surface area contributed by atoms with Crippen molar-refractivity contribution in [2.75, 3.05) is 26.7 Å². The molecule has 1 aromatic carbocycles. The highest BCUT2D eigenvalue weighted by Gasteiger charge is 2.16. The Hall–Kier alpha value is -0.810. The predicted octanol–water partition coefficient (Wildman–Crippen LogP) is 2.99. The van der Waals surface area contributed by atoms with E-state index in [9.17, 15) is 4.79 Å². The molecule has 0 bridgehead atoms. The molecular formula is C18H31Cl2N3O. The lowest BCUT2D eigenvalue weighted by Crippen LogP contribution is -2.33. The molecule has 0 saturated carbocycles. The largest absolute Gasteiger partial charge is 0.352 e. The van der Waals surface area contributed by atoms with Gasteiger partial charge in [0.2, 0.25) is 5.91 Å². The molecule has 1 aliphatic heterocycles. The molecule has 1 saturated heterocycles. The van der Waals surface area contributed by atoms with E-state index in [1.807, 2.05) is 7.05 Å². The van der Waals surface area contributed by atoms with Gasteiger partial charge in [0.05, 0.1) is 0 Å². The van der Waals surface area contributed by atoms with Gasteiger partial charge in [0.25, 0.3) is 0 Å². The maximum Gasteiger partial charge on any atom is 0.221 e. The van der Waals surface area contributed by atoms with Crippen LogP contribution in [0.5, 0.6) is 0 Å². The number of hydrogen-bond donors (Lipinski definition) is 2. The monoisotopic (exact) mass is 375 g/mol. The average Bonchev–Trinajstić information content (AvgIpc) is 2.52. The molecule has 6 heteroatoms. The Labute approximate surface area is 158 Å². The first kappa shape index (κ1) is 23.2. The molecule has 1 aliphatic rings. The van der Waals surface area contributed by atoms with Crippen molar-refractivity contribution >= 4 is 30.7 Å². The fraction of sp³-hybridized carbons (Fsp3) is 0.611. The Balaban J connectivity index is 0.00000264. The normalized spacial score (nSPS) is 17.5. The predicted molar refractivity (Wildman–Crippen MR) is 105 cm³/mol. The summed E-state index contributed by atoms with van der Waals surface area (Å²) in [5, 5.41) is 5.93. The Morgan fingerprint density at radius 3 is 2.50 bits per heavy atom. The SMILES string of the molecule is CNCCC(=O)NCc1ccc(CN2CCCC(C)C2)cc1.Cl.Cl. The highest BCUT2D eigenvalue weighted by molar-refractivity contribution is 5.85. The van der Waals surface area contributed by atoms with E-state index in [-0.39, 0.29) is 30.7 Å². The van der Waals surface area contributed by atoms with E-state index in [0.717, 1.165) is 24.6 Å². The van der Waals surface area contributed by atoms with Gasteiger partial charge in [0.15, 0.2) is 0 Å². The molecule has 0 aromatic heterocycles. The Morgan fingerprint density at radius 1 is 1.21 bits per heavy atom. The van der Waals surface area contributed by atoms with Crippen LogP contribution in [0.25, 0.3) is 0 Å². The number of halogens is 2. The van der Waals surface area contributed by atoms with Gasteiger partial charge in [-0.1, -0.05) is 31.2 Å². The minimum Gasteiger partial charge on any atom is -0.352 e. The van der Waals surface area contributed by atoms with Crippen molar-refractivity contribution in [1.82, 2.24) is 15.5 Å². The van der Waals surface area contributed by atoms with Crippen LogP contribution in [0.3, 0.4) is 0 Å². The van der Waals surface area contributed by atoms with Crippen molar-refractivity contribution in [2.45, 2.75) is 39.3 Å². The molecule has 138 valence electrons. The zero-order valence-corrected chi connectivity index (χ0v) is 16.3. The lowest BCUT2D eigenvalue weighted by atomic mass is 9.99. The number of benzene rings is 1. The minimum atomic E-state index is 0. The molecule has 1 atom stereocenters. The lowest BCUT2D eigenvalue weighted by molar-refractivity contribution is -0.121. The fourth-order valence-electron chi connectivity index (χ4n) is 2.98. The molecule has 4 nitrogen and oxygen atoms in total. The average molecular weight is 376 g/mol. The third-order valence-corrected chi connectivity index (χ3v) is 4.26. The Bertz CT molecular complexity index is 468. The summed E-state index contributed by atoms with van der Waals surface area (Å²) in [7, 11) is 1.86. The molecule has 24 heavy (non-hydrogen) atoms. The van der Waals surface area contributed by atoms with E-state index in [0.29, 0.717) is 13.0 Å². The van der Waals surface area contributed by atoms with Crippen molar-refractivity contribution in [2.24, 2.45) is 5.92 Å². The quantitative estimate of drug-likeness (QED) is 0.769. The summed E-state index contributed by atoms with van der Waals surface area (Å²) in [5.74, 6) is 0.918. The van der Waals surface area contributed by atoms with Crippen LogP contribution < -0.4 is 10.6 Å². The van der Waals surface area contributed by atoms with E-state index >= 15 is 0 Å². The number of nitrogens with one attached hydrogen (secondary N) is 2. The number of nitrogens with zero attached hydrogens (tertiary/aromatic N) is 1. The third kappa shape index (κ3) is 8.34. The molecule has 0 aliphatic carbocycles. The zero-order valence-electron chi connectivity index (χ0n) is 14.7. The lowest BCUT2D eigenvalue weighted by Gasteiger charge is -2.30. The van der Waals surface area contributed by atoms with E-state index in [2.05, 4.69) is 46.7 Å². The molecule has 1 amide bonds. The van der Waals surface area contributed by atoms with Gasteiger partial charge >= 0.3 is 0 Å². The summed E-state index contributed by atoms with van der Waals surface area (Å²) in [5.41, 5.74) is 2.52. The van der Waals surface area contributed by atoms with E-state index in [1.54, 1.807) is 0 Å². The Kier molecular flexibility index (Phi) is 12.1. The number of amides is 1. The summed E-state index contributed by atoms with van der Waals surface area (Å²) in [4.78, 5) is 14.1. The fourth-order valence-corrected chi connectivity index (χ4v) is 2.98. The highest BCUT2D eigenvalue weighted by atomic mass is 35.5. The number of carbonyl (C=O) groups excluding carboxylic acids is 1. The number of likely N-dealkylation sites (tertiary alicyclic amines) is 1. The van der Waals surface area contributed by atoms with Crippen LogP contribution >= 0.6 is 24.8 Å². The van der Waals surface area contributed by atoms with Gasteiger partial charge in [0.1, 0.15) is 0 Å². The number of carbonyl (C=O) groups is 1. The van der Waals surface area contributed by atoms with E-state index in [4.69, 9.17) is 0 Å². The van der Waals surface area contributed by atoms with Gasteiger partial charge in [-0.2, -0.15) is 0 Å². The molecule has 1 aromatic rings. The number of rotatable bonds is 7. The smallest absolute Gasteiger partial charge is 0.221 e. The maximum absolute atomic E-state index is 11.6. The summed E-state index contributed by atoms with van der Waals surface area (Å²) in [6, 6.07) is 8.63. The van der Waals surface area contributed by atoms with Crippen molar-refractivity contribution in [3.63, 3.8) is 0 Å². The van der Waals surface area contributed by atoms with Gasteiger partial charge in [-0.25, -0.2) is 0 Å². The van der Waals surface area contributed by atoms with Crippen molar-refractivity contribution < 1.29 is 4.79 Å². The molecule has 1 unspecified atom stereocenters. The second-order valence-electron chi connectivity index (χ2n) is 6.43. The summed E-state index contributed by atoms with van der Waals surface area (Å²) in [6.07, 6.45) is 3.21. The van der Waals surface area contributed by atoms with Gasteiger partial charge in [0, 0.05) is 32.6 Å². The van der Waals surface area contributed by atoms with E-state index < -0.39 is 0 Å². The molecular weight excluding hydrogens is 345 g/mol. The van der Waals surface area contributed by atoms with Crippen LogP contribution in [0.2, 0.25) is 0 Å². The van der Waals surface area contributed by atoms with Crippen molar-refractivity contribution in [3.8, 4) is 0 Å². The maximum atomic E-state index is 11.6. The zero-order chi connectivity index (χ0) is 15.8. The van der Waals surface area contributed by atoms with Crippen LogP contribution in [0.4, 0.5) is 0 Å². The topological polar surface area (TPSA) is 44.4 Å². The summed E-state index contributed by atoms with van der Waals surface area (Å²) in [6.45, 7) is 7.14. The second kappa shape index (κ2) is 12.5. The van der Waals surface area contributed by atoms with Gasteiger partial charge in [-0.15, -0.1) is 24.8 Å². The summed E-state index contributed by atoms with van der Waals surface area (Å²) < 4.78 is 0. The first-order chi connectivity index (χ1) is 10.7. The van der Waals surface area contributed by atoms with Crippen LogP contribution in [-0.4, -0.2) is 37.5 Å². The highest BCUT2D eigenvalue weighted by Crippen LogP contribution is 2.18. The van der Waals surface area contributed by atoms with Crippen LogP contribution in [-0.2, 0) is 17.9 Å². The Morgan fingerprint density at radius 2 is 1.88 bits per heavy atom. The summed E-state index contributed by atoms with van der Waals surface area (Å²) >= 11 is 0. The molecule has 0 radical (unpaired) electrons. The molecule has 2 rings (SSSR count). The van der Waals surface area contributed by atoms with Gasteiger partial charge in [-0.05, 0) is 43.5 Å². The van der Waals surface area contributed by atoms with Crippen LogP contribution in [0.15, 0.2) is 24.3 Å². The molecule has 0 spiro atoms. The number of piperidine rings is 1. The number of hydrogen-bond acceptors (Lipinski definition) is 3. The molecule has 1 heterocycles. The van der Waals surface area contributed by atoms with E-state index in [1.165, 1.54) is 31.5 Å². The van der Waals surface area contributed by atoms with Crippen molar-refractivity contribution in [3.05, 3.63) is 35.4 Å². The molecule has 1 fully saturated rings. The second-order valence-corrected chi connectivity index (χ2v) is 6.43. The van der Waals surface area contributed by atoms with Gasteiger partial charge in [-0.3, -0.25) is 9.69 Å². The van der Waals surface area contributed by atoms with Crippen LogP contribution in [0.1, 0.15) is 37.3 Å². The first-order valence-electron chi connectivity index (χ1n) is 8.39. The van der Waals surface area contributed by atoms with Crippen LogP contribution in [0, 0.1) is 5.92 Å².